The minimum Gasteiger partial charge on any atom is -0.339 e. The lowest BCUT2D eigenvalue weighted by atomic mass is 10.0. The predicted molar refractivity (Wildman–Crippen MR) is 117 cm³/mol. The van der Waals surface area contributed by atoms with Crippen LogP contribution in [-0.2, 0) is 4.79 Å². The molecule has 1 aliphatic rings. The zero-order valence-electron chi connectivity index (χ0n) is 17.7. The Bertz CT molecular complexity index is 1000. The van der Waals surface area contributed by atoms with Gasteiger partial charge < -0.3 is 21.0 Å². The second-order valence-corrected chi connectivity index (χ2v) is 8.38. The van der Waals surface area contributed by atoms with Gasteiger partial charge in [-0.15, -0.1) is 0 Å². The van der Waals surface area contributed by atoms with Crippen LogP contribution in [0.3, 0.4) is 0 Å². The van der Waals surface area contributed by atoms with Gasteiger partial charge in [-0.2, -0.15) is 0 Å². The molecule has 3 N–H and O–H groups in total. The molecular formula is C21H28ClN5O3. The van der Waals surface area contributed by atoms with Crippen LogP contribution in [0.2, 0.25) is 5.02 Å². The maximum Gasteiger partial charge on any atom is 0.294 e. The van der Waals surface area contributed by atoms with Crippen molar-refractivity contribution in [2.24, 2.45) is 0 Å². The van der Waals surface area contributed by atoms with Gasteiger partial charge in [0.1, 0.15) is 0 Å². The first-order chi connectivity index (χ1) is 14.1. The van der Waals surface area contributed by atoms with Crippen LogP contribution >= 0.6 is 11.6 Å². The smallest absolute Gasteiger partial charge is 0.294 e. The second-order valence-electron chi connectivity index (χ2n) is 7.97. The summed E-state index contributed by atoms with van der Waals surface area (Å²) in [6, 6.07) is 3.31. The fraction of sp³-hybridized carbons (Fsp3) is 0.476. The SMILES string of the molecule is CCCN(C)C(=O)C(=O)c1cn(N)c2cc(Cl)c(C(=O)N3C[C@H](C)NCC3C)cc12. The highest BCUT2D eigenvalue weighted by Crippen LogP contribution is 2.29. The van der Waals surface area contributed by atoms with Gasteiger partial charge in [0.25, 0.3) is 17.6 Å². The van der Waals surface area contributed by atoms with Gasteiger partial charge in [0.2, 0.25) is 0 Å². The molecule has 3 rings (SSSR count). The lowest BCUT2D eigenvalue weighted by Gasteiger charge is -2.37. The van der Waals surface area contributed by atoms with Gasteiger partial charge in [-0.1, -0.05) is 18.5 Å². The molecule has 0 radical (unpaired) electrons. The summed E-state index contributed by atoms with van der Waals surface area (Å²) in [6.45, 7) is 7.63. The quantitative estimate of drug-likeness (QED) is 0.426. The minimum atomic E-state index is -0.662. The highest BCUT2D eigenvalue weighted by molar-refractivity contribution is 6.45. The Morgan fingerprint density at radius 2 is 1.97 bits per heavy atom. The number of hydrogen-bond donors (Lipinski definition) is 2. The number of carbonyl (C=O) groups excluding carboxylic acids is 3. The third-order valence-corrected chi connectivity index (χ3v) is 5.83. The van der Waals surface area contributed by atoms with E-state index in [1.165, 1.54) is 15.8 Å². The number of benzene rings is 1. The third-order valence-electron chi connectivity index (χ3n) is 5.52. The molecule has 1 fully saturated rings. The van der Waals surface area contributed by atoms with Crippen LogP contribution in [-0.4, -0.2) is 70.8 Å². The molecular weight excluding hydrogens is 406 g/mol. The van der Waals surface area contributed by atoms with Crippen LogP contribution in [0.25, 0.3) is 10.9 Å². The van der Waals surface area contributed by atoms with Crippen molar-refractivity contribution in [1.82, 2.24) is 19.8 Å². The topological polar surface area (TPSA) is 101 Å². The van der Waals surface area contributed by atoms with E-state index in [2.05, 4.69) is 5.32 Å². The lowest BCUT2D eigenvalue weighted by molar-refractivity contribution is -0.125. The first kappa shape index (κ1) is 22.1. The Hall–Kier alpha value is -2.58. The van der Waals surface area contributed by atoms with Crippen molar-refractivity contribution >= 4 is 40.1 Å². The first-order valence-electron chi connectivity index (χ1n) is 10.1. The van der Waals surface area contributed by atoms with Crippen LogP contribution in [0.15, 0.2) is 18.3 Å². The number of piperazine rings is 1. The van der Waals surface area contributed by atoms with Crippen molar-refractivity contribution in [3.63, 3.8) is 0 Å². The van der Waals surface area contributed by atoms with Crippen molar-refractivity contribution in [3.8, 4) is 0 Å². The molecule has 8 nitrogen and oxygen atoms in total. The van der Waals surface area contributed by atoms with Gasteiger partial charge in [0.15, 0.2) is 0 Å². The highest BCUT2D eigenvalue weighted by Gasteiger charge is 2.30. The number of carbonyl (C=O) groups is 3. The number of hydrogen-bond acceptors (Lipinski definition) is 5. The van der Waals surface area contributed by atoms with Crippen LogP contribution in [0, 0.1) is 0 Å². The summed E-state index contributed by atoms with van der Waals surface area (Å²) < 4.78 is 1.26. The van der Waals surface area contributed by atoms with E-state index in [1.807, 2.05) is 20.8 Å². The van der Waals surface area contributed by atoms with Gasteiger partial charge in [-0.25, -0.2) is 0 Å². The van der Waals surface area contributed by atoms with Gasteiger partial charge in [-0.3, -0.25) is 19.1 Å². The molecule has 0 bridgehead atoms. The first-order valence-corrected chi connectivity index (χ1v) is 10.5. The zero-order valence-corrected chi connectivity index (χ0v) is 18.5. The van der Waals surface area contributed by atoms with Gasteiger partial charge >= 0.3 is 0 Å². The minimum absolute atomic E-state index is 0.00458. The lowest BCUT2D eigenvalue weighted by Crippen LogP contribution is -2.56. The summed E-state index contributed by atoms with van der Waals surface area (Å²) in [5.74, 6) is 4.52. The molecule has 1 aliphatic heterocycles. The fourth-order valence-corrected chi connectivity index (χ4v) is 4.04. The number of nitrogens with zero attached hydrogens (tertiary/aromatic N) is 3. The number of Topliss-reactive ketones (excluding diaryl/α,β-unsaturated/α-hetero) is 1. The number of rotatable bonds is 5. The van der Waals surface area contributed by atoms with E-state index < -0.39 is 11.7 Å². The molecule has 0 spiro atoms. The van der Waals surface area contributed by atoms with Crippen molar-refractivity contribution in [1.29, 1.82) is 0 Å². The average Bonchev–Trinajstić information content (AvgIpc) is 3.03. The van der Waals surface area contributed by atoms with Crippen molar-refractivity contribution < 1.29 is 14.4 Å². The Labute approximate surface area is 180 Å². The maximum atomic E-state index is 13.3. The number of ketones is 1. The van der Waals surface area contributed by atoms with Crippen molar-refractivity contribution in [2.75, 3.05) is 32.5 Å². The van der Waals surface area contributed by atoms with Crippen LogP contribution < -0.4 is 11.2 Å². The summed E-state index contributed by atoms with van der Waals surface area (Å²) in [6.07, 6.45) is 2.15. The highest BCUT2D eigenvalue weighted by atomic mass is 35.5. The number of fused-ring (bicyclic) bond motifs is 1. The predicted octanol–water partition coefficient (Wildman–Crippen LogP) is 1.88. The van der Waals surface area contributed by atoms with Gasteiger partial charge in [-0.05, 0) is 32.4 Å². The summed E-state index contributed by atoms with van der Waals surface area (Å²) in [5.41, 5.74) is 0.931. The molecule has 0 aliphatic carbocycles. The molecule has 2 amide bonds. The molecule has 30 heavy (non-hydrogen) atoms. The van der Waals surface area contributed by atoms with E-state index in [0.29, 0.717) is 36.1 Å². The Kier molecular flexibility index (Phi) is 6.38. The molecule has 0 saturated carbocycles. The van der Waals surface area contributed by atoms with E-state index in [1.54, 1.807) is 24.1 Å². The summed E-state index contributed by atoms with van der Waals surface area (Å²) in [7, 11) is 1.59. The van der Waals surface area contributed by atoms with E-state index in [-0.39, 0.29) is 28.6 Å². The summed E-state index contributed by atoms with van der Waals surface area (Å²) in [4.78, 5) is 41.8. The molecule has 1 aromatic carbocycles. The molecule has 2 atom stereocenters. The molecule has 1 aromatic heterocycles. The monoisotopic (exact) mass is 433 g/mol. The maximum absolute atomic E-state index is 13.3. The van der Waals surface area contributed by atoms with E-state index >= 15 is 0 Å². The molecule has 1 saturated heterocycles. The number of amides is 2. The summed E-state index contributed by atoms with van der Waals surface area (Å²) >= 11 is 6.42. The molecule has 162 valence electrons. The van der Waals surface area contributed by atoms with Crippen LogP contribution in [0.5, 0.6) is 0 Å². The average molecular weight is 434 g/mol. The third kappa shape index (κ3) is 4.02. The van der Waals surface area contributed by atoms with E-state index in [4.69, 9.17) is 17.4 Å². The Morgan fingerprint density at radius 3 is 2.63 bits per heavy atom. The Morgan fingerprint density at radius 1 is 1.27 bits per heavy atom. The van der Waals surface area contributed by atoms with Crippen molar-refractivity contribution in [3.05, 3.63) is 34.5 Å². The molecule has 2 aromatic rings. The number of nitrogens with two attached hydrogens (primary N) is 1. The molecule has 1 unspecified atom stereocenters. The number of aromatic nitrogens is 1. The largest absolute Gasteiger partial charge is 0.339 e. The zero-order chi connectivity index (χ0) is 22.2. The van der Waals surface area contributed by atoms with E-state index in [0.717, 1.165) is 6.42 Å². The Balaban J connectivity index is 2.03. The fourth-order valence-electron chi connectivity index (χ4n) is 3.80. The van der Waals surface area contributed by atoms with Crippen LogP contribution in [0.4, 0.5) is 0 Å². The normalized spacial score (nSPS) is 19.2. The van der Waals surface area contributed by atoms with Gasteiger partial charge in [0.05, 0.1) is 21.7 Å². The number of nitrogen functional groups attached to an aromatic ring is 1. The van der Waals surface area contributed by atoms with E-state index in [9.17, 15) is 14.4 Å². The van der Waals surface area contributed by atoms with Crippen LogP contribution in [0.1, 0.15) is 47.9 Å². The second kappa shape index (κ2) is 8.65. The van der Waals surface area contributed by atoms with Crippen molar-refractivity contribution in [2.45, 2.75) is 39.3 Å². The van der Waals surface area contributed by atoms with Gasteiger partial charge in [0, 0.05) is 50.3 Å². The molecule has 2 heterocycles. The summed E-state index contributed by atoms with van der Waals surface area (Å²) in [5, 5.41) is 4.03. The number of halogens is 1. The molecule has 9 heteroatoms. The standard InChI is InChI=1S/C21H28ClN5O3/c1-5-6-25(4)21(30)19(28)16-11-27(23)18-8-17(22)15(7-14(16)18)20(29)26-10-12(2)24-9-13(26)3/h7-8,11-13,24H,5-6,9-10,23H2,1-4H3/t12-,13?/m0/s1. The number of likely N-dealkylation sites (N-methyl/N-ethyl adjacent to an activating group) is 1. The number of nitrogens with one attached hydrogen (secondary N) is 1.